The summed E-state index contributed by atoms with van der Waals surface area (Å²) in [5.74, 6) is -0.903. The van der Waals surface area contributed by atoms with Gasteiger partial charge in [-0.3, -0.25) is 0 Å². The summed E-state index contributed by atoms with van der Waals surface area (Å²) in [4.78, 5) is 0. The molecule has 0 bridgehead atoms. The predicted octanol–water partition coefficient (Wildman–Crippen LogP) is 2.80. The van der Waals surface area contributed by atoms with Gasteiger partial charge in [-0.15, -0.1) is 0 Å². The number of hydrogen-bond acceptors (Lipinski definition) is 2. The van der Waals surface area contributed by atoms with Gasteiger partial charge in [0, 0.05) is 13.2 Å². The summed E-state index contributed by atoms with van der Waals surface area (Å²) in [7, 11) is 0. The Bertz CT molecular complexity index is 305. The standard InChI is InChI=1S/C11H15F2NO/c1-2-6-15-7-5-14-11-8-9(12)3-4-10(11)13/h3-4,8,14H,2,5-7H2,1H3. The fourth-order valence-electron chi connectivity index (χ4n) is 1.14. The maximum absolute atomic E-state index is 13.1. The molecule has 1 aromatic carbocycles. The van der Waals surface area contributed by atoms with Crippen LogP contribution in [-0.2, 0) is 4.74 Å². The molecule has 2 nitrogen and oxygen atoms in total. The number of anilines is 1. The normalized spacial score (nSPS) is 10.3. The maximum atomic E-state index is 13.1. The van der Waals surface area contributed by atoms with Gasteiger partial charge in [0.25, 0.3) is 0 Å². The van der Waals surface area contributed by atoms with Crippen LogP contribution in [0, 0.1) is 11.6 Å². The second-order valence-corrected chi connectivity index (χ2v) is 3.16. The Morgan fingerprint density at radius 3 is 2.80 bits per heavy atom. The van der Waals surface area contributed by atoms with Crippen LogP contribution in [0.15, 0.2) is 18.2 Å². The molecular weight excluding hydrogens is 200 g/mol. The lowest BCUT2D eigenvalue weighted by Gasteiger charge is -2.07. The van der Waals surface area contributed by atoms with E-state index in [1.54, 1.807) is 0 Å². The van der Waals surface area contributed by atoms with Gasteiger partial charge in [0.2, 0.25) is 0 Å². The van der Waals surface area contributed by atoms with Crippen LogP contribution in [0.2, 0.25) is 0 Å². The number of halogens is 2. The van der Waals surface area contributed by atoms with Gasteiger partial charge in [0.1, 0.15) is 11.6 Å². The average Bonchev–Trinajstić information content (AvgIpc) is 2.23. The molecule has 4 heteroatoms. The molecule has 0 aliphatic heterocycles. The number of hydrogen-bond donors (Lipinski definition) is 1. The zero-order chi connectivity index (χ0) is 11.1. The number of rotatable bonds is 6. The third-order valence-corrected chi connectivity index (χ3v) is 1.84. The highest BCUT2D eigenvalue weighted by Gasteiger charge is 2.02. The Kier molecular flexibility index (Phi) is 5.04. The number of benzene rings is 1. The van der Waals surface area contributed by atoms with Crippen LogP contribution >= 0.6 is 0 Å². The Labute approximate surface area is 88.3 Å². The van der Waals surface area contributed by atoms with Gasteiger partial charge in [-0.25, -0.2) is 8.78 Å². The van der Waals surface area contributed by atoms with Gasteiger partial charge in [-0.05, 0) is 24.6 Å². The quantitative estimate of drug-likeness (QED) is 0.737. The molecule has 0 saturated heterocycles. The molecule has 0 heterocycles. The second kappa shape index (κ2) is 6.35. The first-order valence-corrected chi connectivity index (χ1v) is 5.00. The molecule has 15 heavy (non-hydrogen) atoms. The molecule has 0 aliphatic rings. The smallest absolute Gasteiger partial charge is 0.146 e. The van der Waals surface area contributed by atoms with Crippen molar-refractivity contribution in [1.29, 1.82) is 0 Å². The molecule has 1 rings (SSSR count). The molecule has 0 radical (unpaired) electrons. The van der Waals surface area contributed by atoms with Gasteiger partial charge in [-0.2, -0.15) is 0 Å². The van der Waals surface area contributed by atoms with Crippen molar-refractivity contribution in [2.24, 2.45) is 0 Å². The van der Waals surface area contributed by atoms with Crippen LogP contribution in [0.4, 0.5) is 14.5 Å². The van der Waals surface area contributed by atoms with E-state index in [0.29, 0.717) is 19.8 Å². The van der Waals surface area contributed by atoms with E-state index in [0.717, 1.165) is 24.6 Å². The minimum absolute atomic E-state index is 0.176. The molecular formula is C11H15F2NO. The van der Waals surface area contributed by atoms with E-state index in [-0.39, 0.29) is 5.69 Å². The summed E-state index contributed by atoms with van der Waals surface area (Å²) < 4.78 is 31.0. The number of ether oxygens (including phenoxy) is 1. The average molecular weight is 215 g/mol. The first kappa shape index (κ1) is 11.9. The summed E-state index contributed by atoms with van der Waals surface area (Å²) in [6.07, 6.45) is 0.953. The van der Waals surface area contributed by atoms with Crippen molar-refractivity contribution in [2.75, 3.05) is 25.1 Å². The van der Waals surface area contributed by atoms with Crippen molar-refractivity contribution in [1.82, 2.24) is 0 Å². The Hall–Kier alpha value is -1.16. The van der Waals surface area contributed by atoms with Crippen LogP contribution in [0.25, 0.3) is 0 Å². The van der Waals surface area contributed by atoms with Crippen molar-refractivity contribution < 1.29 is 13.5 Å². The third-order valence-electron chi connectivity index (χ3n) is 1.84. The fraction of sp³-hybridized carbons (Fsp3) is 0.455. The summed E-state index contributed by atoms with van der Waals surface area (Å²) in [5.41, 5.74) is 0.176. The van der Waals surface area contributed by atoms with Crippen molar-refractivity contribution in [3.63, 3.8) is 0 Å². The van der Waals surface area contributed by atoms with Gasteiger partial charge in [0.05, 0.1) is 12.3 Å². The Balaban J connectivity index is 2.33. The van der Waals surface area contributed by atoms with E-state index in [9.17, 15) is 8.78 Å². The fourth-order valence-corrected chi connectivity index (χ4v) is 1.14. The van der Waals surface area contributed by atoms with E-state index in [4.69, 9.17) is 4.74 Å². The largest absolute Gasteiger partial charge is 0.380 e. The highest BCUT2D eigenvalue weighted by molar-refractivity contribution is 5.44. The summed E-state index contributed by atoms with van der Waals surface area (Å²) in [6.45, 7) is 3.66. The van der Waals surface area contributed by atoms with Gasteiger partial charge < -0.3 is 10.1 Å². The molecule has 0 aromatic heterocycles. The highest BCUT2D eigenvalue weighted by Crippen LogP contribution is 2.14. The molecule has 0 saturated carbocycles. The monoisotopic (exact) mass is 215 g/mol. The zero-order valence-electron chi connectivity index (χ0n) is 8.72. The minimum atomic E-state index is -0.452. The lowest BCUT2D eigenvalue weighted by molar-refractivity contribution is 0.144. The van der Waals surface area contributed by atoms with Crippen molar-refractivity contribution in [2.45, 2.75) is 13.3 Å². The lowest BCUT2D eigenvalue weighted by atomic mass is 10.3. The molecule has 1 N–H and O–H groups in total. The Morgan fingerprint density at radius 1 is 1.27 bits per heavy atom. The predicted molar refractivity (Wildman–Crippen MR) is 56.0 cm³/mol. The highest BCUT2D eigenvalue weighted by atomic mass is 19.1. The van der Waals surface area contributed by atoms with Crippen LogP contribution in [0.3, 0.4) is 0 Å². The van der Waals surface area contributed by atoms with E-state index in [1.807, 2.05) is 6.92 Å². The minimum Gasteiger partial charge on any atom is -0.380 e. The molecule has 0 fully saturated rings. The van der Waals surface area contributed by atoms with Crippen LogP contribution in [0.1, 0.15) is 13.3 Å². The van der Waals surface area contributed by atoms with Gasteiger partial charge >= 0.3 is 0 Å². The van der Waals surface area contributed by atoms with E-state index in [1.165, 1.54) is 0 Å². The lowest BCUT2D eigenvalue weighted by Crippen LogP contribution is -2.10. The topological polar surface area (TPSA) is 21.3 Å². The van der Waals surface area contributed by atoms with Gasteiger partial charge in [0.15, 0.2) is 0 Å². The van der Waals surface area contributed by atoms with E-state index in [2.05, 4.69) is 5.32 Å². The van der Waals surface area contributed by atoms with Crippen molar-refractivity contribution in [3.8, 4) is 0 Å². The van der Waals surface area contributed by atoms with E-state index >= 15 is 0 Å². The molecule has 0 aliphatic carbocycles. The Morgan fingerprint density at radius 2 is 2.07 bits per heavy atom. The molecule has 1 aromatic rings. The SMILES string of the molecule is CCCOCCNc1cc(F)ccc1F. The first-order chi connectivity index (χ1) is 7.24. The van der Waals surface area contributed by atoms with Crippen LogP contribution in [-0.4, -0.2) is 19.8 Å². The third kappa shape index (κ3) is 4.25. The second-order valence-electron chi connectivity index (χ2n) is 3.16. The molecule has 84 valence electrons. The summed E-state index contributed by atoms with van der Waals surface area (Å²) >= 11 is 0. The van der Waals surface area contributed by atoms with Crippen LogP contribution in [0.5, 0.6) is 0 Å². The van der Waals surface area contributed by atoms with Crippen molar-refractivity contribution >= 4 is 5.69 Å². The van der Waals surface area contributed by atoms with E-state index < -0.39 is 11.6 Å². The molecule has 0 atom stereocenters. The number of nitrogens with one attached hydrogen (secondary N) is 1. The molecule has 0 unspecified atom stereocenters. The maximum Gasteiger partial charge on any atom is 0.146 e. The molecule has 0 amide bonds. The van der Waals surface area contributed by atoms with Gasteiger partial charge in [-0.1, -0.05) is 6.92 Å². The van der Waals surface area contributed by atoms with Crippen LogP contribution < -0.4 is 5.32 Å². The molecule has 0 spiro atoms. The summed E-state index contributed by atoms with van der Waals surface area (Å²) in [6, 6.07) is 3.33. The zero-order valence-corrected chi connectivity index (χ0v) is 8.72. The van der Waals surface area contributed by atoms with Crippen molar-refractivity contribution in [3.05, 3.63) is 29.8 Å². The first-order valence-electron chi connectivity index (χ1n) is 5.00. The summed E-state index contributed by atoms with van der Waals surface area (Å²) in [5, 5.41) is 2.77.